The van der Waals surface area contributed by atoms with E-state index in [2.05, 4.69) is 48.3 Å². The van der Waals surface area contributed by atoms with Crippen LogP contribution in [0.4, 0.5) is 5.69 Å². The highest BCUT2D eigenvalue weighted by Crippen LogP contribution is 2.20. The number of hydrogen-bond acceptors (Lipinski definition) is 1. The van der Waals surface area contributed by atoms with Crippen molar-refractivity contribution in [2.45, 2.75) is 52.0 Å². The molecule has 0 radical (unpaired) electrons. The van der Waals surface area contributed by atoms with Crippen LogP contribution in [-0.2, 0) is 0 Å². The molecular weight excluding hydrogens is 252 g/mol. The fraction of sp³-hybridized carbons (Fsp3) is 0.562. The molecule has 1 fully saturated rings. The fourth-order valence-corrected chi connectivity index (χ4v) is 3.14. The second-order valence-electron chi connectivity index (χ2n) is 5.37. The number of nitrogens with zero attached hydrogens (tertiary/aromatic N) is 1. The quantitative estimate of drug-likeness (QED) is 0.839. The van der Waals surface area contributed by atoms with Crippen LogP contribution in [0.5, 0.6) is 0 Å². The molecule has 0 bridgehead atoms. The summed E-state index contributed by atoms with van der Waals surface area (Å²) < 4.78 is 0. The number of hydrogen-bond donors (Lipinski definition) is 1. The first-order chi connectivity index (χ1) is 9.20. The lowest BCUT2D eigenvalue weighted by Gasteiger charge is -2.30. The molecule has 0 aliphatic heterocycles. The summed E-state index contributed by atoms with van der Waals surface area (Å²) in [7, 11) is 0. The van der Waals surface area contributed by atoms with Crippen molar-refractivity contribution in [2.75, 3.05) is 11.4 Å². The van der Waals surface area contributed by atoms with Gasteiger partial charge >= 0.3 is 0 Å². The average molecular weight is 276 g/mol. The predicted octanol–water partition coefficient (Wildman–Crippen LogP) is 4.03. The van der Waals surface area contributed by atoms with E-state index in [4.69, 9.17) is 12.2 Å². The molecule has 1 aliphatic rings. The van der Waals surface area contributed by atoms with Crippen LogP contribution < -0.4 is 10.2 Å². The van der Waals surface area contributed by atoms with Crippen LogP contribution in [0.15, 0.2) is 24.3 Å². The third kappa shape index (κ3) is 3.93. The van der Waals surface area contributed by atoms with Gasteiger partial charge in [-0.2, -0.15) is 0 Å². The van der Waals surface area contributed by atoms with Crippen LogP contribution in [0.25, 0.3) is 0 Å². The summed E-state index contributed by atoms with van der Waals surface area (Å²) in [5.41, 5.74) is 2.47. The Labute approximate surface area is 122 Å². The molecule has 0 heterocycles. The first kappa shape index (κ1) is 14.3. The monoisotopic (exact) mass is 276 g/mol. The summed E-state index contributed by atoms with van der Waals surface area (Å²) in [6.07, 6.45) is 6.55. The molecular formula is C16H24N2S. The van der Waals surface area contributed by atoms with Crippen LogP contribution in [0, 0.1) is 6.92 Å². The zero-order valence-corrected chi connectivity index (χ0v) is 12.8. The van der Waals surface area contributed by atoms with E-state index in [1.807, 2.05) is 0 Å². The lowest BCUT2D eigenvalue weighted by Crippen LogP contribution is -2.45. The number of benzene rings is 1. The maximum Gasteiger partial charge on any atom is 0.173 e. The lowest BCUT2D eigenvalue weighted by atomic mass is 9.96. The van der Waals surface area contributed by atoms with Gasteiger partial charge in [0, 0.05) is 18.3 Å². The van der Waals surface area contributed by atoms with E-state index >= 15 is 0 Å². The Morgan fingerprint density at radius 3 is 2.68 bits per heavy atom. The Hall–Kier alpha value is -1.09. The molecule has 1 N–H and O–H groups in total. The first-order valence-corrected chi connectivity index (χ1v) is 7.76. The topological polar surface area (TPSA) is 15.3 Å². The zero-order chi connectivity index (χ0) is 13.7. The van der Waals surface area contributed by atoms with Gasteiger partial charge in [0.2, 0.25) is 0 Å². The van der Waals surface area contributed by atoms with Gasteiger partial charge in [-0.05, 0) is 56.6 Å². The van der Waals surface area contributed by atoms with E-state index in [0.29, 0.717) is 6.04 Å². The van der Waals surface area contributed by atoms with Gasteiger partial charge in [0.25, 0.3) is 0 Å². The Morgan fingerprint density at radius 2 is 2.05 bits per heavy atom. The maximum absolute atomic E-state index is 5.60. The van der Waals surface area contributed by atoms with E-state index < -0.39 is 0 Å². The fourth-order valence-electron chi connectivity index (χ4n) is 2.74. The standard InChI is InChI=1S/C16H24N2S/c1-3-18(15-11-7-8-13(2)12-15)16(19)17-14-9-5-4-6-10-14/h7-8,11-12,14H,3-6,9-10H2,1-2H3,(H,17,19). The second kappa shape index (κ2) is 6.90. The summed E-state index contributed by atoms with van der Waals surface area (Å²) in [6.45, 7) is 5.17. The smallest absolute Gasteiger partial charge is 0.173 e. The van der Waals surface area contributed by atoms with Crippen molar-refractivity contribution >= 4 is 23.0 Å². The van der Waals surface area contributed by atoms with Crippen molar-refractivity contribution in [3.05, 3.63) is 29.8 Å². The third-order valence-electron chi connectivity index (χ3n) is 3.81. The normalized spacial score (nSPS) is 16.1. The van der Waals surface area contributed by atoms with Gasteiger partial charge < -0.3 is 10.2 Å². The molecule has 2 nitrogen and oxygen atoms in total. The van der Waals surface area contributed by atoms with Gasteiger partial charge in [0.1, 0.15) is 0 Å². The summed E-state index contributed by atoms with van der Waals surface area (Å²) in [5, 5.41) is 4.42. The van der Waals surface area contributed by atoms with Gasteiger partial charge in [-0.3, -0.25) is 0 Å². The molecule has 1 aliphatic carbocycles. The largest absolute Gasteiger partial charge is 0.360 e. The van der Waals surface area contributed by atoms with Crippen molar-refractivity contribution in [3.63, 3.8) is 0 Å². The van der Waals surface area contributed by atoms with Gasteiger partial charge in [-0.25, -0.2) is 0 Å². The molecule has 3 heteroatoms. The minimum atomic E-state index is 0.570. The van der Waals surface area contributed by atoms with Crippen LogP contribution in [0.3, 0.4) is 0 Å². The molecule has 19 heavy (non-hydrogen) atoms. The minimum Gasteiger partial charge on any atom is -0.360 e. The maximum atomic E-state index is 5.60. The Bertz CT molecular complexity index is 425. The molecule has 2 rings (SSSR count). The molecule has 0 atom stereocenters. The number of thiocarbonyl (C=S) groups is 1. The number of anilines is 1. The molecule has 1 aromatic carbocycles. The summed E-state index contributed by atoms with van der Waals surface area (Å²) in [6, 6.07) is 9.11. The highest BCUT2D eigenvalue weighted by Gasteiger charge is 2.17. The van der Waals surface area contributed by atoms with E-state index in [1.54, 1.807) is 0 Å². The molecule has 104 valence electrons. The first-order valence-electron chi connectivity index (χ1n) is 7.35. The molecule has 1 aromatic rings. The van der Waals surface area contributed by atoms with Crippen LogP contribution in [-0.4, -0.2) is 17.7 Å². The van der Waals surface area contributed by atoms with Crippen molar-refractivity contribution in [1.29, 1.82) is 0 Å². The Kier molecular flexibility index (Phi) is 5.20. The summed E-state index contributed by atoms with van der Waals surface area (Å²) in [4.78, 5) is 2.19. The highest BCUT2D eigenvalue weighted by atomic mass is 32.1. The Morgan fingerprint density at radius 1 is 1.32 bits per heavy atom. The van der Waals surface area contributed by atoms with Gasteiger partial charge in [-0.15, -0.1) is 0 Å². The zero-order valence-electron chi connectivity index (χ0n) is 12.0. The molecule has 0 unspecified atom stereocenters. The Balaban J connectivity index is 2.02. The van der Waals surface area contributed by atoms with E-state index in [-0.39, 0.29) is 0 Å². The summed E-state index contributed by atoms with van der Waals surface area (Å²) in [5.74, 6) is 0. The molecule has 0 amide bonds. The van der Waals surface area contributed by atoms with Crippen molar-refractivity contribution in [1.82, 2.24) is 5.32 Å². The SMILES string of the molecule is CCN(C(=S)NC1CCCCC1)c1cccc(C)c1. The van der Waals surface area contributed by atoms with Gasteiger partial charge in [-0.1, -0.05) is 31.4 Å². The summed E-state index contributed by atoms with van der Waals surface area (Å²) >= 11 is 5.60. The van der Waals surface area contributed by atoms with Crippen molar-refractivity contribution in [2.24, 2.45) is 0 Å². The third-order valence-corrected chi connectivity index (χ3v) is 4.15. The highest BCUT2D eigenvalue weighted by molar-refractivity contribution is 7.80. The average Bonchev–Trinajstić information content (AvgIpc) is 2.41. The second-order valence-corrected chi connectivity index (χ2v) is 5.75. The number of nitrogens with one attached hydrogen (secondary N) is 1. The molecule has 1 saturated carbocycles. The molecule has 0 saturated heterocycles. The van der Waals surface area contributed by atoms with E-state index in [9.17, 15) is 0 Å². The van der Waals surface area contributed by atoms with Gasteiger partial charge in [0.05, 0.1) is 0 Å². The van der Waals surface area contributed by atoms with E-state index in [1.165, 1.54) is 43.4 Å². The predicted molar refractivity (Wildman–Crippen MR) is 86.8 cm³/mol. The van der Waals surface area contributed by atoms with Crippen LogP contribution in [0.1, 0.15) is 44.6 Å². The van der Waals surface area contributed by atoms with Crippen molar-refractivity contribution in [3.8, 4) is 0 Å². The van der Waals surface area contributed by atoms with Crippen molar-refractivity contribution < 1.29 is 0 Å². The van der Waals surface area contributed by atoms with Crippen LogP contribution >= 0.6 is 12.2 Å². The number of aryl methyl sites for hydroxylation is 1. The van der Waals surface area contributed by atoms with E-state index in [0.717, 1.165) is 11.7 Å². The molecule has 0 aromatic heterocycles. The molecule has 0 spiro atoms. The number of rotatable bonds is 3. The van der Waals surface area contributed by atoms with Gasteiger partial charge in [0.15, 0.2) is 5.11 Å². The lowest BCUT2D eigenvalue weighted by molar-refractivity contribution is 0.413. The van der Waals surface area contributed by atoms with Crippen LogP contribution in [0.2, 0.25) is 0 Å². The minimum absolute atomic E-state index is 0.570.